The van der Waals surface area contributed by atoms with Gasteiger partial charge in [-0.25, -0.2) is 0 Å². The van der Waals surface area contributed by atoms with Crippen molar-refractivity contribution in [3.63, 3.8) is 0 Å². The number of aromatic nitrogens is 3. The van der Waals surface area contributed by atoms with Gasteiger partial charge >= 0.3 is 0 Å². The minimum absolute atomic E-state index is 0.973. The Kier molecular flexibility index (Phi) is 3.63. The molecule has 2 heterocycles. The van der Waals surface area contributed by atoms with E-state index in [2.05, 4.69) is 23.1 Å². The minimum atomic E-state index is 0.973. The van der Waals surface area contributed by atoms with E-state index < -0.39 is 0 Å². The Labute approximate surface area is 84.8 Å². The Morgan fingerprint density at radius 2 is 2.00 bits per heavy atom. The molecule has 14 heavy (non-hydrogen) atoms. The normalized spacial score (nSPS) is 9.71. The van der Waals surface area contributed by atoms with Crippen molar-refractivity contribution < 1.29 is 0 Å². The van der Waals surface area contributed by atoms with Crippen molar-refractivity contribution in [2.45, 2.75) is 27.2 Å². The number of nitrogens with zero attached hydrogens (tertiary/aromatic N) is 3. The molecule has 0 aliphatic rings. The van der Waals surface area contributed by atoms with Crippen LogP contribution in [0.5, 0.6) is 0 Å². The van der Waals surface area contributed by atoms with Crippen LogP contribution in [0.3, 0.4) is 0 Å². The van der Waals surface area contributed by atoms with Crippen molar-refractivity contribution in [2.75, 3.05) is 0 Å². The fourth-order valence-corrected chi connectivity index (χ4v) is 1.28. The summed E-state index contributed by atoms with van der Waals surface area (Å²) in [6.07, 6.45) is 4.68. The molecule has 3 nitrogen and oxygen atoms in total. The van der Waals surface area contributed by atoms with Crippen molar-refractivity contribution >= 4 is 10.9 Å². The largest absolute Gasteiger partial charge is 0.268 e. The maximum absolute atomic E-state index is 4.29. The van der Waals surface area contributed by atoms with E-state index in [0.29, 0.717) is 0 Å². The van der Waals surface area contributed by atoms with Crippen LogP contribution >= 0.6 is 0 Å². The number of rotatable bonds is 1. The molecule has 2 aromatic heterocycles. The van der Waals surface area contributed by atoms with E-state index >= 15 is 0 Å². The second-order valence-electron chi connectivity index (χ2n) is 2.86. The molecule has 0 atom stereocenters. The van der Waals surface area contributed by atoms with Crippen molar-refractivity contribution in [1.29, 1.82) is 0 Å². The van der Waals surface area contributed by atoms with Crippen molar-refractivity contribution in [2.24, 2.45) is 7.05 Å². The third kappa shape index (κ3) is 1.92. The average Bonchev–Trinajstić information content (AvgIpc) is 2.63. The van der Waals surface area contributed by atoms with Gasteiger partial charge in [-0.2, -0.15) is 5.10 Å². The lowest BCUT2D eigenvalue weighted by Gasteiger charge is -1.96. The van der Waals surface area contributed by atoms with Crippen LogP contribution in [0.4, 0.5) is 0 Å². The highest BCUT2D eigenvalue weighted by molar-refractivity contribution is 5.77. The molecule has 0 aromatic carbocycles. The molecule has 0 bridgehead atoms. The molecule has 0 N–H and O–H groups in total. The van der Waals surface area contributed by atoms with E-state index in [9.17, 15) is 0 Å². The fraction of sp³-hybridized carbons (Fsp3) is 0.455. The number of pyridine rings is 1. The summed E-state index contributed by atoms with van der Waals surface area (Å²) in [4.78, 5) is 4.29. The van der Waals surface area contributed by atoms with Crippen LogP contribution in [0.1, 0.15) is 26.5 Å². The van der Waals surface area contributed by atoms with E-state index in [0.717, 1.165) is 23.0 Å². The molecular formula is C11H17N3. The van der Waals surface area contributed by atoms with Gasteiger partial charge in [0.05, 0.1) is 11.7 Å². The van der Waals surface area contributed by atoms with E-state index in [4.69, 9.17) is 0 Å². The Bertz CT molecular complexity index is 404. The average molecular weight is 191 g/mol. The Morgan fingerprint density at radius 3 is 2.64 bits per heavy atom. The Morgan fingerprint density at radius 1 is 1.29 bits per heavy atom. The highest BCUT2D eigenvalue weighted by Crippen LogP contribution is 2.12. The van der Waals surface area contributed by atoms with Gasteiger partial charge in [0.2, 0.25) is 0 Å². The molecule has 0 amide bonds. The number of fused-ring (bicyclic) bond motifs is 1. The highest BCUT2D eigenvalue weighted by atomic mass is 15.2. The summed E-state index contributed by atoms with van der Waals surface area (Å²) >= 11 is 0. The van der Waals surface area contributed by atoms with E-state index in [1.807, 2.05) is 38.0 Å². The van der Waals surface area contributed by atoms with Crippen molar-refractivity contribution in [3.05, 3.63) is 24.2 Å². The monoisotopic (exact) mass is 191 g/mol. The zero-order chi connectivity index (χ0) is 10.6. The summed E-state index contributed by atoms with van der Waals surface area (Å²) in [6.45, 7) is 6.10. The van der Waals surface area contributed by atoms with Crippen molar-refractivity contribution in [1.82, 2.24) is 14.8 Å². The molecule has 0 unspecified atom stereocenters. The Balaban J connectivity index is 0.000000461. The van der Waals surface area contributed by atoms with Gasteiger partial charge in [0.25, 0.3) is 0 Å². The van der Waals surface area contributed by atoms with Gasteiger partial charge in [0.1, 0.15) is 0 Å². The van der Waals surface area contributed by atoms with Crippen LogP contribution < -0.4 is 0 Å². The first-order chi connectivity index (χ1) is 6.81. The summed E-state index contributed by atoms with van der Waals surface area (Å²) in [5.41, 5.74) is 2.27. The first-order valence-electron chi connectivity index (χ1n) is 5.08. The van der Waals surface area contributed by atoms with Crippen LogP contribution in [-0.2, 0) is 13.5 Å². The molecule has 76 valence electrons. The lowest BCUT2D eigenvalue weighted by atomic mass is 10.2. The first kappa shape index (κ1) is 10.7. The summed E-state index contributed by atoms with van der Waals surface area (Å²) in [5, 5.41) is 5.25. The third-order valence-corrected chi connectivity index (χ3v) is 2.05. The van der Waals surface area contributed by atoms with Crippen LogP contribution in [0.2, 0.25) is 0 Å². The molecule has 0 spiro atoms. The smallest absolute Gasteiger partial charge is 0.0712 e. The second kappa shape index (κ2) is 4.74. The molecule has 0 aliphatic heterocycles. The SMILES string of the molecule is CC.CCc1cc2c(cn1)cnn2C. The molecule has 3 heteroatoms. The molecule has 0 saturated carbocycles. The lowest BCUT2D eigenvalue weighted by molar-refractivity contribution is 0.795. The summed E-state index contributed by atoms with van der Waals surface area (Å²) in [5.74, 6) is 0. The van der Waals surface area contributed by atoms with Crippen molar-refractivity contribution in [3.8, 4) is 0 Å². The van der Waals surface area contributed by atoms with Gasteiger partial charge < -0.3 is 0 Å². The van der Waals surface area contributed by atoms with E-state index in [-0.39, 0.29) is 0 Å². The predicted molar refractivity (Wildman–Crippen MR) is 59.2 cm³/mol. The molecule has 0 aliphatic carbocycles. The summed E-state index contributed by atoms with van der Waals surface area (Å²) in [6, 6.07) is 2.09. The van der Waals surface area contributed by atoms with Crippen LogP contribution in [0, 0.1) is 0 Å². The first-order valence-corrected chi connectivity index (χ1v) is 5.08. The lowest BCUT2D eigenvalue weighted by Crippen LogP contribution is -1.91. The maximum atomic E-state index is 4.29. The zero-order valence-corrected chi connectivity index (χ0v) is 9.28. The predicted octanol–water partition coefficient (Wildman–Crippen LogP) is 2.56. The quantitative estimate of drug-likeness (QED) is 0.693. The third-order valence-electron chi connectivity index (χ3n) is 2.05. The van der Waals surface area contributed by atoms with E-state index in [1.165, 1.54) is 0 Å². The second-order valence-corrected chi connectivity index (χ2v) is 2.86. The van der Waals surface area contributed by atoms with Crippen LogP contribution in [0.25, 0.3) is 10.9 Å². The van der Waals surface area contributed by atoms with E-state index in [1.54, 1.807) is 0 Å². The molecule has 0 radical (unpaired) electrons. The summed E-state index contributed by atoms with van der Waals surface area (Å²) < 4.78 is 1.87. The van der Waals surface area contributed by atoms with Gasteiger partial charge in [-0.1, -0.05) is 20.8 Å². The topological polar surface area (TPSA) is 30.7 Å². The molecule has 0 fully saturated rings. The number of aryl methyl sites for hydroxylation is 2. The number of hydrogen-bond donors (Lipinski definition) is 0. The molecule has 2 aromatic rings. The fourth-order valence-electron chi connectivity index (χ4n) is 1.28. The van der Waals surface area contributed by atoms with Crippen LogP contribution in [-0.4, -0.2) is 14.8 Å². The maximum Gasteiger partial charge on any atom is 0.0712 e. The van der Waals surface area contributed by atoms with Gasteiger partial charge in [-0.05, 0) is 12.5 Å². The molecule has 0 saturated heterocycles. The molecule has 2 rings (SSSR count). The highest BCUT2D eigenvalue weighted by Gasteiger charge is 1.99. The summed E-state index contributed by atoms with van der Waals surface area (Å²) in [7, 11) is 1.95. The molecular weight excluding hydrogens is 174 g/mol. The standard InChI is InChI=1S/C9H11N3.C2H6/c1-3-8-4-9-7(5-10-8)6-11-12(9)2;1-2/h4-6H,3H2,1-2H3;1-2H3. The van der Waals surface area contributed by atoms with Gasteiger partial charge in [0, 0.05) is 24.3 Å². The van der Waals surface area contributed by atoms with Crippen LogP contribution in [0.15, 0.2) is 18.5 Å². The van der Waals surface area contributed by atoms with Gasteiger partial charge in [-0.15, -0.1) is 0 Å². The van der Waals surface area contributed by atoms with Gasteiger partial charge in [0.15, 0.2) is 0 Å². The zero-order valence-electron chi connectivity index (χ0n) is 9.28. The Hall–Kier alpha value is -1.38. The van der Waals surface area contributed by atoms with Gasteiger partial charge in [-0.3, -0.25) is 9.67 Å². The minimum Gasteiger partial charge on any atom is -0.268 e. The number of hydrogen-bond acceptors (Lipinski definition) is 2.